The molecule has 0 atom stereocenters. The van der Waals surface area contributed by atoms with E-state index in [0.717, 1.165) is 19.5 Å². The Labute approximate surface area is 82.2 Å². The molecular weight excluding hydrogens is 180 g/mol. The molecule has 0 bridgehead atoms. The number of furan rings is 1. The monoisotopic (exact) mass is 192 g/mol. The molecule has 4 nitrogen and oxygen atoms in total. The number of hydrazine groups is 1. The third-order valence-electron chi connectivity index (χ3n) is 2.06. The van der Waals surface area contributed by atoms with Crippen LogP contribution < -0.4 is 5.43 Å². The minimum Gasteiger partial charge on any atom is -0.459 e. The van der Waals surface area contributed by atoms with Gasteiger partial charge in [-0.05, 0) is 18.6 Å². The van der Waals surface area contributed by atoms with Gasteiger partial charge in [0.25, 0.3) is 0 Å². The molecular formula is C10H12N2O2. The first-order valence-electron chi connectivity index (χ1n) is 4.61. The number of nitrogens with one attached hydrogen (secondary N) is 1. The number of hydrogen-bond acceptors (Lipinski definition) is 3. The summed E-state index contributed by atoms with van der Waals surface area (Å²) in [4.78, 5) is 11.5. The van der Waals surface area contributed by atoms with Gasteiger partial charge in [0.1, 0.15) is 0 Å². The lowest BCUT2D eigenvalue weighted by Gasteiger charge is -2.22. The van der Waals surface area contributed by atoms with Crippen LogP contribution in [0, 0.1) is 0 Å². The maximum absolute atomic E-state index is 11.5. The van der Waals surface area contributed by atoms with Crippen molar-refractivity contribution in [1.29, 1.82) is 0 Å². The maximum atomic E-state index is 11.5. The molecule has 1 aliphatic heterocycles. The second-order valence-electron chi connectivity index (χ2n) is 3.12. The summed E-state index contributed by atoms with van der Waals surface area (Å²) in [7, 11) is 0. The SMILES string of the molecule is O=C(NN1CC=CCC1)c1ccco1. The van der Waals surface area contributed by atoms with E-state index in [-0.39, 0.29) is 5.91 Å². The van der Waals surface area contributed by atoms with Crippen molar-refractivity contribution in [3.05, 3.63) is 36.3 Å². The van der Waals surface area contributed by atoms with Crippen molar-refractivity contribution >= 4 is 5.91 Å². The summed E-state index contributed by atoms with van der Waals surface area (Å²) in [6.07, 6.45) is 6.60. The highest BCUT2D eigenvalue weighted by molar-refractivity contribution is 5.90. The fraction of sp³-hybridized carbons (Fsp3) is 0.300. The van der Waals surface area contributed by atoms with Crippen molar-refractivity contribution in [1.82, 2.24) is 10.4 Å². The Kier molecular flexibility index (Phi) is 2.65. The molecule has 0 spiro atoms. The van der Waals surface area contributed by atoms with Gasteiger partial charge in [-0.3, -0.25) is 10.2 Å². The fourth-order valence-electron chi connectivity index (χ4n) is 1.35. The topological polar surface area (TPSA) is 45.5 Å². The molecule has 1 aromatic rings. The standard InChI is InChI=1S/C10H12N2O2/c13-10(9-5-4-8-14-9)11-12-6-2-1-3-7-12/h1-2,4-5,8H,3,6-7H2,(H,11,13). The van der Waals surface area contributed by atoms with Gasteiger partial charge < -0.3 is 4.42 Å². The second-order valence-corrected chi connectivity index (χ2v) is 3.12. The van der Waals surface area contributed by atoms with Crippen molar-refractivity contribution in [3.63, 3.8) is 0 Å². The van der Waals surface area contributed by atoms with E-state index < -0.39 is 0 Å². The predicted octanol–water partition coefficient (Wildman–Crippen LogP) is 1.19. The summed E-state index contributed by atoms with van der Waals surface area (Å²) in [6.45, 7) is 1.61. The molecule has 4 heteroatoms. The van der Waals surface area contributed by atoms with Crippen LogP contribution in [0.1, 0.15) is 17.0 Å². The zero-order valence-electron chi connectivity index (χ0n) is 7.77. The van der Waals surface area contributed by atoms with E-state index in [1.165, 1.54) is 6.26 Å². The van der Waals surface area contributed by atoms with Gasteiger partial charge in [-0.2, -0.15) is 0 Å². The summed E-state index contributed by atoms with van der Waals surface area (Å²) in [6, 6.07) is 3.35. The Morgan fingerprint density at radius 1 is 1.50 bits per heavy atom. The van der Waals surface area contributed by atoms with Gasteiger partial charge in [0, 0.05) is 13.1 Å². The average molecular weight is 192 g/mol. The highest BCUT2D eigenvalue weighted by Crippen LogP contribution is 2.02. The van der Waals surface area contributed by atoms with E-state index >= 15 is 0 Å². The molecule has 0 aromatic carbocycles. The van der Waals surface area contributed by atoms with Crippen LogP contribution in [0.25, 0.3) is 0 Å². The van der Waals surface area contributed by atoms with E-state index in [4.69, 9.17) is 4.42 Å². The largest absolute Gasteiger partial charge is 0.459 e. The van der Waals surface area contributed by atoms with Crippen molar-refractivity contribution < 1.29 is 9.21 Å². The van der Waals surface area contributed by atoms with Gasteiger partial charge >= 0.3 is 5.91 Å². The maximum Gasteiger partial charge on any atom is 0.301 e. The molecule has 2 rings (SSSR count). The van der Waals surface area contributed by atoms with Crippen LogP contribution in [0.4, 0.5) is 0 Å². The smallest absolute Gasteiger partial charge is 0.301 e. The van der Waals surface area contributed by atoms with Gasteiger partial charge in [-0.25, -0.2) is 5.01 Å². The summed E-state index contributed by atoms with van der Waals surface area (Å²) in [5, 5.41) is 1.87. The normalized spacial score (nSPS) is 16.9. The van der Waals surface area contributed by atoms with Crippen molar-refractivity contribution in [2.75, 3.05) is 13.1 Å². The third-order valence-corrected chi connectivity index (χ3v) is 2.06. The Balaban J connectivity index is 1.91. The van der Waals surface area contributed by atoms with Crippen LogP contribution in [-0.4, -0.2) is 24.0 Å². The number of rotatable bonds is 2. The Hall–Kier alpha value is -1.55. The number of carbonyl (C=O) groups excluding carboxylic acids is 1. The lowest BCUT2D eigenvalue weighted by molar-refractivity contribution is 0.0775. The molecule has 1 aromatic heterocycles. The molecule has 0 aliphatic carbocycles. The highest BCUT2D eigenvalue weighted by Gasteiger charge is 2.12. The summed E-state index contributed by atoms with van der Waals surface area (Å²) in [5.41, 5.74) is 2.77. The Morgan fingerprint density at radius 3 is 3.07 bits per heavy atom. The van der Waals surface area contributed by atoms with Gasteiger partial charge in [0.05, 0.1) is 6.26 Å². The van der Waals surface area contributed by atoms with Crippen molar-refractivity contribution in [3.8, 4) is 0 Å². The van der Waals surface area contributed by atoms with E-state index in [1.807, 2.05) is 11.1 Å². The minimum atomic E-state index is -0.190. The first-order valence-corrected chi connectivity index (χ1v) is 4.61. The van der Waals surface area contributed by atoms with Crippen LogP contribution in [0.15, 0.2) is 35.0 Å². The van der Waals surface area contributed by atoms with Crippen LogP contribution in [-0.2, 0) is 0 Å². The molecule has 0 fully saturated rings. The van der Waals surface area contributed by atoms with E-state index in [9.17, 15) is 4.79 Å². The first-order chi connectivity index (χ1) is 6.86. The number of carbonyl (C=O) groups is 1. The van der Waals surface area contributed by atoms with Crippen LogP contribution in [0.5, 0.6) is 0 Å². The van der Waals surface area contributed by atoms with Gasteiger partial charge in [-0.1, -0.05) is 12.2 Å². The van der Waals surface area contributed by atoms with Gasteiger partial charge in [-0.15, -0.1) is 0 Å². The molecule has 2 heterocycles. The molecule has 74 valence electrons. The number of nitrogens with zero attached hydrogens (tertiary/aromatic N) is 1. The van der Waals surface area contributed by atoms with Gasteiger partial charge in [0.15, 0.2) is 5.76 Å². The molecule has 0 unspecified atom stereocenters. The Morgan fingerprint density at radius 2 is 2.43 bits per heavy atom. The molecule has 1 amide bonds. The third kappa shape index (κ3) is 2.03. The van der Waals surface area contributed by atoms with E-state index in [0.29, 0.717) is 5.76 Å². The zero-order valence-corrected chi connectivity index (χ0v) is 7.77. The van der Waals surface area contributed by atoms with E-state index in [2.05, 4.69) is 11.5 Å². The molecule has 0 saturated heterocycles. The van der Waals surface area contributed by atoms with Crippen LogP contribution >= 0.6 is 0 Å². The lowest BCUT2D eigenvalue weighted by Crippen LogP contribution is -2.43. The molecule has 1 N–H and O–H groups in total. The number of hydrogen-bond donors (Lipinski definition) is 1. The molecule has 0 saturated carbocycles. The quantitative estimate of drug-likeness (QED) is 0.716. The highest BCUT2D eigenvalue weighted by atomic mass is 16.3. The minimum absolute atomic E-state index is 0.190. The predicted molar refractivity (Wildman–Crippen MR) is 51.5 cm³/mol. The summed E-state index contributed by atoms with van der Waals surface area (Å²) >= 11 is 0. The first kappa shape index (κ1) is 9.02. The Bertz CT molecular complexity index is 330. The van der Waals surface area contributed by atoms with Crippen LogP contribution in [0.2, 0.25) is 0 Å². The molecule has 1 aliphatic rings. The van der Waals surface area contributed by atoms with Gasteiger partial charge in [0.2, 0.25) is 0 Å². The summed E-state index contributed by atoms with van der Waals surface area (Å²) < 4.78 is 4.98. The molecule has 0 radical (unpaired) electrons. The molecule has 14 heavy (non-hydrogen) atoms. The average Bonchev–Trinajstić information content (AvgIpc) is 2.72. The van der Waals surface area contributed by atoms with E-state index in [1.54, 1.807) is 12.1 Å². The summed E-state index contributed by atoms with van der Waals surface area (Å²) in [5.74, 6) is 0.157. The van der Waals surface area contributed by atoms with Crippen molar-refractivity contribution in [2.24, 2.45) is 0 Å². The fourth-order valence-corrected chi connectivity index (χ4v) is 1.35. The van der Waals surface area contributed by atoms with Crippen molar-refractivity contribution in [2.45, 2.75) is 6.42 Å². The lowest BCUT2D eigenvalue weighted by atomic mass is 10.3. The second kappa shape index (κ2) is 4.11. The van der Waals surface area contributed by atoms with Crippen LogP contribution in [0.3, 0.4) is 0 Å². The number of amides is 1. The zero-order chi connectivity index (χ0) is 9.80.